The molecule has 100 valence electrons. The van der Waals surface area contributed by atoms with E-state index in [4.69, 9.17) is 10.5 Å². The number of nitrogens with two attached hydrogens (primary N) is 1. The maximum Gasteiger partial charge on any atom is 0.119 e. The molecule has 1 aliphatic rings. The summed E-state index contributed by atoms with van der Waals surface area (Å²) in [4.78, 5) is 4.43. The fourth-order valence-corrected chi connectivity index (χ4v) is 3.18. The number of thiazole rings is 1. The molecule has 1 aromatic carbocycles. The van der Waals surface area contributed by atoms with Crippen molar-refractivity contribution in [2.45, 2.75) is 32.2 Å². The first-order valence-corrected chi connectivity index (χ1v) is 7.61. The first-order chi connectivity index (χ1) is 9.35. The Morgan fingerprint density at radius 3 is 3.00 bits per heavy atom. The van der Waals surface area contributed by atoms with Crippen molar-refractivity contribution in [1.82, 2.24) is 4.98 Å². The molecule has 4 heteroatoms. The van der Waals surface area contributed by atoms with Gasteiger partial charge in [-0.3, -0.25) is 0 Å². The van der Waals surface area contributed by atoms with Crippen molar-refractivity contribution in [1.29, 1.82) is 0 Å². The Kier molecular flexibility index (Phi) is 3.80. The Bertz CT molecular complexity index is 565. The molecule has 3 rings (SSSR count). The highest BCUT2D eigenvalue weighted by Gasteiger charge is 2.11. The lowest BCUT2D eigenvalue weighted by Gasteiger charge is -2.07. The molecule has 0 amide bonds. The zero-order valence-corrected chi connectivity index (χ0v) is 11.7. The van der Waals surface area contributed by atoms with Crippen LogP contribution in [0.4, 0.5) is 0 Å². The van der Waals surface area contributed by atoms with Crippen LogP contribution in [-0.2, 0) is 25.8 Å². The fourth-order valence-electron chi connectivity index (χ4n) is 2.47. The highest BCUT2D eigenvalue weighted by atomic mass is 32.1. The normalized spacial score (nSPS) is 13.5. The van der Waals surface area contributed by atoms with Crippen LogP contribution in [0.3, 0.4) is 0 Å². The van der Waals surface area contributed by atoms with Gasteiger partial charge < -0.3 is 10.5 Å². The Labute approximate surface area is 117 Å². The van der Waals surface area contributed by atoms with Crippen LogP contribution in [-0.4, -0.2) is 11.6 Å². The van der Waals surface area contributed by atoms with E-state index < -0.39 is 0 Å². The van der Waals surface area contributed by atoms with Crippen LogP contribution >= 0.6 is 11.3 Å². The van der Waals surface area contributed by atoms with E-state index in [9.17, 15) is 0 Å². The van der Waals surface area contributed by atoms with Crippen LogP contribution in [0, 0.1) is 0 Å². The lowest BCUT2D eigenvalue weighted by Crippen LogP contribution is -2.03. The number of nitrogens with zero attached hydrogens (tertiary/aromatic N) is 1. The molecule has 0 saturated heterocycles. The van der Waals surface area contributed by atoms with E-state index in [1.165, 1.54) is 30.4 Å². The van der Waals surface area contributed by atoms with Gasteiger partial charge in [-0.2, -0.15) is 0 Å². The van der Waals surface area contributed by atoms with Crippen molar-refractivity contribution in [3.63, 3.8) is 0 Å². The number of fused-ring (bicyclic) bond motifs is 1. The molecule has 1 aromatic heterocycles. The van der Waals surface area contributed by atoms with E-state index in [1.807, 2.05) is 0 Å². The van der Waals surface area contributed by atoms with E-state index in [0.717, 1.165) is 22.9 Å². The molecular formula is C15H18N2OS. The van der Waals surface area contributed by atoms with Crippen molar-refractivity contribution in [2.75, 3.05) is 6.61 Å². The second kappa shape index (κ2) is 5.72. The fraction of sp³-hybridized carbons (Fsp3) is 0.400. The Morgan fingerprint density at radius 2 is 2.16 bits per heavy atom. The van der Waals surface area contributed by atoms with Crippen molar-refractivity contribution in [3.8, 4) is 5.75 Å². The van der Waals surface area contributed by atoms with Crippen molar-refractivity contribution < 1.29 is 4.74 Å². The van der Waals surface area contributed by atoms with Gasteiger partial charge in [-0.25, -0.2) is 4.98 Å². The van der Waals surface area contributed by atoms with Crippen molar-refractivity contribution in [2.24, 2.45) is 5.73 Å². The van der Waals surface area contributed by atoms with E-state index in [0.29, 0.717) is 13.2 Å². The van der Waals surface area contributed by atoms with Gasteiger partial charge in [0.1, 0.15) is 10.8 Å². The monoisotopic (exact) mass is 274 g/mol. The molecular weight excluding hydrogens is 256 g/mol. The topological polar surface area (TPSA) is 48.1 Å². The number of hydrogen-bond acceptors (Lipinski definition) is 4. The Balaban J connectivity index is 1.54. The molecule has 1 aliphatic carbocycles. The van der Waals surface area contributed by atoms with Gasteiger partial charge in [0.15, 0.2) is 0 Å². The summed E-state index contributed by atoms with van der Waals surface area (Å²) in [6.07, 6.45) is 4.53. The Hall–Kier alpha value is -1.39. The van der Waals surface area contributed by atoms with Crippen molar-refractivity contribution >= 4 is 11.3 Å². The first-order valence-electron chi connectivity index (χ1n) is 6.73. The molecule has 0 saturated carbocycles. The average Bonchev–Trinajstić information content (AvgIpc) is 3.06. The van der Waals surface area contributed by atoms with Gasteiger partial charge in [0.25, 0.3) is 0 Å². The van der Waals surface area contributed by atoms with Gasteiger partial charge in [-0.05, 0) is 42.5 Å². The maximum atomic E-state index is 5.81. The van der Waals surface area contributed by atoms with E-state index in [1.54, 1.807) is 11.3 Å². The minimum atomic E-state index is 0.524. The highest BCUT2D eigenvalue weighted by molar-refractivity contribution is 7.09. The first kappa shape index (κ1) is 12.6. The van der Waals surface area contributed by atoms with Gasteiger partial charge in [-0.1, -0.05) is 6.07 Å². The second-order valence-corrected chi connectivity index (χ2v) is 5.76. The van der Waals surface area contributed by atoms with Crippen LogP contribution < -0.4 is 10.5 Å². The number of benzene rings is 1. The molecule has 0 fully saturated rings. The van der Waals surface area contributed by atoms with E-state index in [2.05, 4.69) is 28.6 Å². The molecule has 0 aliphatic heterocycles. The third-order valence-corrected chi connectivity index (χ3v) is 4.39. The van der Waals surface area contributed by atoms with Crippen LogP contribution in [0.1, 0.15) is 28.2 Å². The quantitative estimate of drug-likeness (QED) is 0.912. The summed E-state index contributed by atoms with van der Waals surface area (Å²) in [7, 11) is 0. The number of rotatable bonds is 5. The lowest BCUT2D eigenvalue weighted by atomic mass is 10.1. The summed E-state index contributed by atoms with van der Waals surface area (Å²) in [5, 5.41) is 3.06. The molecule has 2 N–H and O–H groups in total. The third-order valence-electron chi connectivity index (χ3n) is 3.47. The largest absolute Gasteiger partial charge is 0.493 e. The Morgan fingerprint density at radius 1 is 1.26 bits per heavy atom. The predicted octanol–water partition coefficient (Wildman–Crippen LogP) is 2.71. The summed E-state index contributed by atoms with van der Waals surface area (Å²) in [5.74, 6) is 0.981. The molecule has 0 unspecified atom stereocenters. The molecule has 19 heavy (non-hydrogen) atoms. The number of aryl methyl sites for hydroxylation is 2. The minimum Gasteiger partial charge on any atom is -0.493 e. The third kappa shape index (κ3) is 2.96. The van der Waals surface area contributed by atoms with Gasteiger partial charge in [-0.15, -0.1) is 11.3 Å². The van der Waals surface area contributed by atoms with Gasteiger partial charge in [0, 0.05) is 18.3 Å². The summed E-state index contributed by atoms with van der Waals surface area (Å²) in [5.41, 5.74) is 9.57. The maximum absolute atomic E-state index is 5.81. The smallest absolute Gasteiger partial charge is 0.119 e. The SMILES string of the molecule is NCc1nc(CCOc2ccc3c(c2)CCC3)cs1. The summed E-state index contributed by atoms with van der Waals surface area (Å²) < 4.78 is 5.81. The van der Waals surface area contributed by atoms with Crippen molar-refractivity contribution in [3.05, 3.63) is 45.4 Å². The number of aromatic nitrogens is 1. The van der Waals surface area contributed by atoms with Crippen LogP contribution in [0.2, 0.25) is 0 Å². The second-order valence-electron chi connectivity index (χ2n) is 4.82. The summed E-state index contributed by atoms with van der Waals surface area (Å²) in [6, 6.07) is 6.47. The van der Waals surface area contributed by atoms with Crippen LogP contribution in [0.15, 0.2) is 23.6 Å². The average molecular weight is 274 g/mol. The predicted molar refractivity (Wildman–Crippen MR) is 77.7 cm³/mol. The van der Waals surface area contributed by atoms with E-state index in [-0.39, 0.29) is 0 Å². The summed E-state index contributed by atoms with van der Waals surface area (Å²) in [6.45, 7) is 1.20. The van der Waals surface area contributed by atoms with E-state index >= 15 is 0 Å². The molecule has 2 aromatic rings. The molecule has 0 radical (unpaired) electrons. The molecule has 0 bridgehead atoms. The molecule has 3 nitrogen and oxygen atoms in total. The zero-order chi connectivity index (χ0) is 13.1. The zero-order valence-electron chi connectivity index (χ0n) is 10.9. The van der Waals surface area contributed by atoms with Crippen LogP contribution in [0.25, 0.3) is 0 Å². The molecule has 1 heterocycles. The lowest BCUT2D eigenvalue weighted by molar-refractivity contribution is 0.320. The van der Waals surface area contributed by atoms with Gasteiger partial charge in [0.2, 0.25) is 0 Å². The molecule has 0 spiro atoms. The van der Waals surface area contributed by atoms with Crippen LogP contribution in [0.5, 0.6) is 5.75 Å². The standard InChI is InChI=1S/C15H18N2OS/c16-9-15-17-13(10-19-15)6-7-18-14-5-4-11-2-1-3-12(11)8-14/h4-5,8,10H,1-3,6-7,9,16H2. The number of ether oxygens (including phenoxy) is 1. The van der Waals surface area contributed by atoms with Gasteiger partial charge >= 0.3 is 0 Å². The molecule has 0 atom stereocenters. The van der Waals surface area contributed by atoms with Gasteiger partial charge in [0.05, 0.1) is 12.3 Å². The number of hydrogen-bond donors (Lipinski definition) is 1. The minimum absolute atomic E-state index is 0.524. The summed E-state index contributed by atoms with van der Waals surface area (Å²) >= 11 is 1.62. The highest BCUT2D eigenvalue weighted by Crippen LogP contribution is 2.26.